The molecule has 0 bridgehead atoms. The monoisotopic (exact) mass is 168 g/mol. The van der Waals surface area contributed by atoms with Gasteiger partial charge in [0.15, 0.2) is 0 Å². The smallest absolute Gasteiger partial charge is 0.113 e. The lowest BCUT2D eigenvalue weighted by Crippen LogP contribution is -2.53. The van der Waals surface area contributed by atoms with Gasteiger partial charge in [-0.3, -0.25) is 4.68 Å². The van der Waals surface area contributed by atoms with Crippen molar-refractivity contribution < 1.29 is 5.73 Å². The molecule has 1 aromatic heterocycles. The molecule has 12 heavy (non-hydrogen) atoms. The van der Waals surface area contributed by atoms with Crippen LogP contribution in [-0.2, 0) is 7.05 Å². The van der Waals surface area contributed by atoms with Gasteiger partial charge >= 0.3 is 0 Å². The normalized spacial score (nSPS) is 13.4. The van der Waals surface area contributed by atoms with Crippen LogP contribution in [0.4, 0.5) is 0 Å². The number of aryl methyl sites for hydroxylation is 2. The fourth-order valence-corrected chi connectivity index (χ4v) is 1.58. The molecule has 0 unspecified atom stereocenters. The maximum atomic E-state index is 4.36. The van der Waals surface area contributed by atoms with Gasteiger partial charge < -0.3 is 5.73 Å². The van der Waals surface area contributed by atoms with Crippen molar-refractivity contribution in [3.8, 4) is 0 Å². The van der Waals surface area contributed by atoms with E-state index in [2.05, 4.69) is 31.6 Å². The Balaban J connectivity index is 3.13. The largest absolute Gasteiger partial charge is 0.351 e. The molecule has 0 amide bonds. The summed E-state index contributed by atoms with van der Waals surface area (Å²) in [5.41, 5.74) is 7.79. The van der Waals surface area contributed by atoms with Crippen LogP contribution in [0.15, 0.2) is 0 Å². The highest BCUT2D eigenvalue weighted by atomic mass is 15.3. The fraction of sp³-hybridized carbons (Fsp3) is 0.667. The zero-order chi connectivity index (χ0) is 9.30. The van der Waals surface area contributed by atoms with Gasteiger partial charge in [0.1, 0.15) is 6.04 Å². The van der Waals surface area contributed by atoms with Crippen LogP contribution in [0.5, 0.6) is 0 Å². The van der Waals surface area contributed by atoms with Gasteiger partial charge in [0.2, 0.25) is 0 Å². The second-order valence-corrected chi connectivity index (χ2v) is 3.31. The number of hydrogen-bond donors (Lipinski definition) is 1. The summed E-state index contributed by atoms with van der Waals surface area (Å²) in [6.45, 7) is 6.31. The Morgan fingerprint density at radius 2 is 2.08 bits per heavy atom. The number of nitrogens with zero attached hydrogens (tertiary/aromatic N) is 2. The van der Waals surface area contributed by atoms with Crippen LogP contribution < -0.4 is 5.73 Å². The number of aromatic nitrogens is 2. The Labute approximate surface area is 73.6 Å². The maximum Gasteiger partial charge on any atom is 0.113 e. The van der Waals surface area contributed by atoms with Gasteiger partial charge in [0.05, 0.1) is 11.3 Å². The average Bonchev–Trinajstić information content (AvgIpc) is 2.26. The molecule has 3 nitrogen and oxygen atoms in total. The molecule has 0 spiro atoms. The van der Waals surface area contributed by atoms with Crippen LogP contribution in [0.3, 0.4) is 0 Å². The minimum absolute atomic E-state index is 0.388. The van der Waals surface area contributed by atoms with Gasteiger partial charge in [-0.25, -0.2) is 0 Å². The summed E-state index contributed by atoms with van der Waals surface area (Å²) in [7, 11) is 1.98. The molecule has 0 radical (unpaired) electrons. The van der Waals surface area contributed by atoms with Crippen molar-refractivity contribution in [2.24, 2.45) is 7.05 Å². The van der Waals surface area contributed by atoms with E-state index in [4.69, 9.17) is 0 Å². The zero-order valence-electron chi connectivity index (χ0n) is 8.39. The quantitative estimate of drug-likeness (QED) is 0.695. The second kappa shape index (κ2) is 3.27. The van der Waals surface area contributed by atoms with Crippen LogP contribution in [0.2, 0.25) is 0 Å². The third-order valence-electron chi connectivity index (χ3n) is 2.47. The van der Waals surface area contributed by atoms with E-state index in [-0.39, 0.29) is 0 Å². The zero-order valence-corrected chi connectivity index (χ0v) is 8.39. The summed E-state index contributed by atoms with van der Waals surface area (Å²) >= 11 is 0. The molecule has 0 fully saturated rings. The van der Waals surface area contributed by atoms with Crippen LogP contribution >= 0.6 is 0 Å². The van der Waals surface area contributed by atoms with Gasteiger partial charge in [0, 0.05) is 19.2 Å². The molecule has 0 saturated carbocycles. The molecular weight excluding hydrogens is 150 g/mol. The Morgan fingerprint density at radius 1 is 1.50 bits per heavy atom. The minimum atomic E-state index is 0.388. The first-order valence-electron chi connectivity index (χ1n) is 4.41. The molecular formula is C9H18N3+. The molecule has 0 aliphatic rings. The van der Waals surface area contributed by atoms with Gasteiger partial charge in [-0.2, -0.15) is 5.10 Å². The molecule has 3 N–H and O–H groups in total. The Bertz CT molecular complexity index is 276. The summed E-state index contributed by atoms with van der Waals surface area (Å²) < 4.78 is 1.93. The van der Waals surface area contributed by atoms with Crippen molar-refractivity contribution in [2.45, 2.75) is 33.2 Å². The molecule has 1 rings (SSSR count). The summed E-state index contributed by atoms with van der Waals surface area (Å²) in [4.78, 5) is 0. The predicted octanol–water partition coefficient (Wildman–Crippen LogP) is 0.730. The highest BCUT2D eigenvalue weighted by Gasteiger charge is 2.17. The molecule has 0 saturated heterocycles. The predicted molar refractivity (Wildman–Crippen MR) is 48.6 cm³/mol. The van der Waals surface area contributed by atoms with Gasteiger partial charge in [-0.15, -0.1) is 0 Å². The third kappa shape index (κ3) is 1.37. The van der Waals surface area contributed by atoms with E-state index >= 15 is 0 Å². The first-order chi connectivity index (χ1) is 5.57. The van der Waals surface area contributed by atoms with E-state index in [0.717, 1.165) is 12.1 Å². The third-order valence-corrected chi connectivity index (χ3v) is 2.47. The molecule has 0 aliphatic heterocycles. The molecule has 0 aliphatic carbocycles. The second-order valence-electron chi connectivity index (χ2n) is 3.31. The van der Waals surface area contributed by atoms with Gasteiger partial charge in [-0.05, 0) is 13.8 Å². The Kier molecular flexibility index (Phi) is 2.52. The van der Waals surface area contributed by atoms with Crippen molar-refractivity contribution in [3.05, 3.63) is 17.0 Å². The molecule has 68 valence electrons. The highest BCUT2D eigenvalue weighted by molar-refractivity contribution is 5.26. The van der Waals surface area contributed by atoms with Crippen LogP contribution in [0.1, 0.15) is 36.3 Å². The lowest BCUT2D eigenvalue weighted by Gasteiger charge is -2.05. The number of hydrogen-bond acceptors (Lipinski definition) is 1. The molecule has 1 heterocycles. The van der Waals surface area contributed by atoms with Gasteiger partial charge in [-0.1, -0.05) is 6.92 Å². The molecule has 1 atom stereocenters. The van der Waals surface area contributed by atoms with Crippen molar-refractivity contribution in [2.75, 3.05) is 0 Å². The molecule has 1 aromatic rings. The lowest BCUT2D eigenvalue weighted by molar-refractivity contribution is -0.427. The number of quaternary nitrogens is 1. The first kappa shape index (κ1) is 9.26. The topological polar surface area (TPSA) is 45.5 Å². The SMILES string of the molecule is CC[C@H]([NH3+])c1c(C)nn(C)c1C. The molecule has 3 heteroatoms. The van der Waals surface area contributed by atoms with E-state index in [1.807, 2.05) is 11.7 Å². The van der Waals surface area contributed by atoms with Crippen molar-refractivity contribution in [3.63, 3.8) is 0 Å². The van der Waals surface area contributed by atoms with Crippen molar-refractivity contribution in [1.29, 1.82) is 0 Å². The molecule has 0 aromatic carbocycles. The van der Waals surface area contributed by atoms with E-state index in [1.165, 1.54) is 11.3 Å². The summed E-state index contributed by atoms with van der Waals surface area (Å²) in [6, 6.07) is 0.388. The first-order valence-corrected chi connectivity index (χ1v) is 4.41. The van der Waals surface area contributed by atoms with E-state index in [0.29, 0.717) is 6.04 Å². The standard InChI is InChI=1S/C9H17N3/c1-5-8(10)9-6(2)11-12(4)7(9)3/h8H,5,10H2,1-4H3/p+1/t8-/m0/s1. The van der Waals surface area contributed by atoms with Crippen molar-refractivity contribution >= 4 is 0 Å². The van der Waals surface area contributed by atoms with E-state index in [1.54, 1.807) is 0 Å². The van der Waals surface area contributed by atoms with Crippen LogP contribution in [0, 0.1) is 13.8 Å². The van der Waals surface area contributed by atoms with Crippen LogP contribution in [-0.4, -0.2) is 9.78 Å². The minimum Gasteiger partial charge on any atom is -0.351 e. The average molecular weight is 168 g/mol. The van der Waals surface area contributed by atoms with Crippen molar-refractivity contribution in [1.82, 2.24) is 9.78 Å². The lowest BCUT2D eigenvalue weighted by atomic mass is 10.0. The fourth-order valence-electron chi connectivity index (χ4n) is 1.58. The van der Waals surface area contributed by atoms with E-state index < -0.39 is 0 Å². The number of rotatable bonds is 2. The maximum absolute atomic E-state index is 4.36. The Hall–Kier alpha value is -0.830. The summed E-state index contributed by atoms with van der Waals surface area (Å²) in [6.07, 6.45) is 1.08. The summed E-state index contributed by atoms with van der Waals surface area (Å²) in [5, 5.41) is 4.36. The summed E-state index contributed by atoms with van der Waals surface area (Å²) in [5.74, 6) is 0. The van der Waals surface area contributed by atoms with Crippen LogP contribution in [0.25, 0.3) is 0 Å². The van der Waals surface area contributed by atoms with Gasteiger partial charge in [0.25, 0.3) is 0 Å². The van der Waals surface area contributed by atoms with E-state index in [9.17, 15) is 0 Å². The highest BCUT2D eigenvalue weighted by Crippen LogP contribution is 2.19. The Morgan fingerprint density at radius 3 is 2.42 bits per heavy atom.